The molecule has 116 valence electrons. The fraction of sp³-hybridized carbons (Fsp3) is 0.500. The lowest BCUT2D eigenvalue weighted by molar-refractivity contribution is -0.385. The number of ether oxygens (including phenoxy) is 1. The highest BCUT2D eigenvalue weighted by Crippen LogP contribution is 2.23. The van der Waals surface area contributed by atoms with Gasteiger partial charge in [-0.3, -0.25) is 14.9 Å². The molecule has 7 heteroatoms. The Labute approximate surface area is 122 Å². The summed E-state index contributed by atoms with van der Waals surface area (Å²) in [4.78, 5) is 21.3. The van der Waals surface area contributed by atoms with Gasteiger partial charge in [0, 0.05) is 11.6 Å². The monoisotopic (exact) mass is 296 g/mol. The Hall–Kier alpha value is -2.15. The van der Waals surface area contributed by atoms with Crippen LogP contribution in [0.5, 0.6) is 5.75 Å². The summed E-state index contributed by atoms with van der Waals surface area (Å²) in [5.74, 6) is -0.497. The maximum atomic E-state index is 11.0. The summed E-state index contributed by atoms with van der Waals surface area (Å²) in [6, 6.07) is 4.50. The second-order valence-corrected chi connectivity index (χ2v) is 4.97. The summed E-state index contributed by atoms with van der Waals surface area (Å²) in [6.07, 6.45) is 1.15. The number of hydrogen-bond donors (Lipinski definition) is 2. The van der Waals surface area contributed by atoms with Crippen LogP contribution < -0.4 is 10.5 Å². The highest BCUT2D eigenvalue weighted by atomic mass is 16.6. The van der Waals surface area contributed by atoms with Crippen LogP contribution in [0.3, 0.4) is 0 Å². The Bertz CT molecular complexity index is 532. The lowest BCUT2D eigenvalue weighted by atomic mass is 9.92. The second kappa shape index (κ2) is 7.03. The van der Waals surface area contributed by atoms with Gasteiger partial charge in [-0.1, -0.05) is 6.92 Å². The van der Waals surface area contributed by atoms with Crippen LogP contribution in [0.1, 0.15) is 31.7 Å². The van der Waals surface area contributed by atoms with Crippen molar-refractivity contribution in [1.29, 1.82) is 0 Å². The molecule has 0 aliphatic carbocycles. The zero-order valence-electron chi connectivity index (χ0n) is 12.2. The molecule has 0 spiro atoms. The van der Waals surface area contributed by atoms with Gasteiger partial charge in [0.2, 0.25) is 0 Å². The van der Waals surface area contributed by atoms with Crippen molar-refractivity contribution < 1.29 is 19.6 Å². The smallest absolute Gasteiger partial charge is 0.323 e. The van der Waals surface area contributed by atoms with Gasteiger partial charge >= 0.3 is 5.97 Å². The number of carboxylic acids is 1. The van der Waals surface area contributed by atoms with E-state index in [2.05, 4.69) is 0 Å². The molecule has 1 atom stereocenters. The van der Waals surface area contributed by atoms with E-state index in [0.717, 1.165) is 0 Å². The van der Waals surface area contributed by atoms with Crippen molar-refractivity contribution in [2.45, 2.75) is 38.6 Å². The molecular formula is C14H20N2O5. The molecule has 0 fully saturated rings. The van der Waals surface area contributed by atoms with Crippen molar-refractivity contribution in [3.63, 3.8) is 0 Å². The number of hydrogen-bond acceptors (Lipinski definition) is 5. The van der Waals surface area contributed by atoms with Crippen LogP contribution in [-0.2, 0) is 4.79 Å². The largest absolute Gasteiger partial charge is 0.494 e. The first-order valence-electron chi connectivity index (χ1n) is 6.70. The maximum absolute atomic E-state index is 11.0. The van der Waals surface area contributed by atoms with Crippen LogP contribution in [-0.4, -0.2) is 28.1 Å². The average molecular weight is 296 g/mol. The molecule has 0 saturated heterocycles. The van der Waals surface area contributed by atoms with Crippen molar-refractivity contribution in [2.75, 3.05) is 6.61 Å². The molecule has 1 aromatic rings. The number of benzene rings is 1. The van der Waals surface area contributed by atoms with Crippen LogP contribution in [0, 0.1) is 17.0 Å². The fourth-order valence-electron chi connectivity index (χ4n) is 1.94. The number of carbonyl (C=O) groups is 1. The first-order chi connectivity index (χ1) is 9.80. The number of rotatable bonds is 8. The van der Waals surface area contributed by atoms with E-state index < -0.39 is 16.4 Å². The Morgan fingerprint density at radius 2 is 2.19 bits per heavy atom. The number of nitrogens with two attached hydrogens (primary N) is 1. The molecule has 3 N–H and O–H groups in total. The maximum Gasteiger partial charge on any atom is 0.323 e. The van der Waals surface area contributed by atoms with E-state index >= 15 is 0 Å². The predicted molar refractivity (Wildman–Crippen MR) is 77.4 cm³/mol. The van der Waals surface area contributed by atoms with Crippen LogP contribution in [0.25, 0.3) is 0 Å². The van der Waals surface area contributed by atoms with Gasteiger partial charge in [-0.25, -0.2) is 0 Å². The standard InChI is InChI=1S/C14H20N2O5/c1-3-14(15,13(17)18)7-4-8-21-11-5-6-12(16(19)20)10(2)9-11/h5-6,9H,3-4,7-8,15H2,1-2H3,(H,17,18). The topological polar surface area (TPSA) is 116 Å². The summed E-state index contributed by atoms with van der Waals surface area (Å²) in [5.41, 5.74) is 5.10. The SMILES string of the molecule is CCC(N)(CCCOc1ccc([N+](=O)[O-])c(C)c1)C(=O)O. The van der Waals surface area contributed by atoms with E-state index in [1.54, 1.807) is 19.9 Å². The number of carboxylic acid groups (broad SMARTS) is 1. The van der Waals surface area contributed by atoms with Gasteiger partial charge in [-0.05, 0) is 38.3 Å². The number of nitro benzene ring substituents is 1. The van der Waals surface area contributed by atoms with Gasteiger partial charge < -0.3 is 15.6 Å². The third kappa shape index (κ3) is 4.42. The number of aliphatic carboxylic acids is 1. The minimum Gasteiger partial charge on any atom is -0.494 e. The molecule has 0 aliphatic rings. The number of nitro groups is 1. The molecule has 1 aromatic carbocycles. The predicted octanol–water partition coefficient (Wildman–Crippen LogP) is 2.25. The van der Waals surface area contributed by atoms with Crippen molar-refractivity contribution in [1.82, 2.24) is 0 Å². The van der Waals surface area contributed by atoms with Crippen LogP contribution in [0.4, 0.5) is 5.69 Å². The molecule has 0 saturated carbocycles. The Morgan fingerprint density at radius 3 is 2.67 bits per heavy atom. The molecule has 0 radical (unpaired) electrons. The number of nitrogens with zero attached hydrogens (tertiary/aromatic N) is 1. The van der Waals surface area contributed by atoms with Gasteiger partial charge in [-0.15, -0.1) is 0 Å². The third-order valence-electron chi connectivity index (χ3n) is 3.46. The summed E-state index contributed by atoms with van der Waals surface area (Å²) >= 11 is 0. The summed E-state index contributed by atoms with van der Waals surface area (Å²) in [6.45, 7) is 3.68. The second-order valence-electron chi connectivity index (χ2n) is 4.97. The molecule has 0 heterocycles. The van der Waals surface area contributed by atoms with Gasteiger partial charge in [0.25, 0.3) is 5.69 Å². The van der Waals surface area contributed by atoms with Gasteiger partial charge in [0.05, 0.1) is 11.5 Å². The zero-order chi connectivity index (χ0) is 16.0. The van der Waals surface area contributed by atoms with Gasteiger partial charge in [-0.2, -0.15) is 0 Å². The van der Waals surface area contributed by atoms with E-state index in [-0.39, 0.29) is 5.69 Å². The van der Waals surface area contributed by atoms with Gasteiger partial charge in [0.1, 0.15) is 11.3 Å². The molecule has 0 aliphatic heterocycles. The molecule has 0 aromatic heterocycles. The minimum atomic E-state index is -1.23. The van der Waals surface area contributed by atoms with Crippen molar-refractivity contribution >= 4 is 11.7 Å². The molecule has 1 unspecified atom stereocenters. The lowest BCUT2D eigenvalue weighted by Crippen LogP contribution is -2.47. The summed E-state index contributed by atoms with van der Waals surface area (Å²) in [5, 5.41) is 19.7. The molecule has 21 heavy (non-hydrogen) atoms. The Balaban J connectivity index is 2.52. The summed E-state index contributed by atoms with van der Waals surface area (Å²) in [7, 11) is 0. The molecule has 1 rings (SSSR count). The quantitative estimate of drug-likeness (QED) is 0.432. The Morgan fingerprint density at radius 1 is 1.52 bits per heavy atom. The highest BCUT2D eigenvalue weighted by Gasteiger charge is 2.31. The third-order valence-corrected chi connectivity index (χ3v) is 3.46. The fourth-order valence-corrected chi connectivity index (χ4v) is 1.94. The lowest BCUT2D eigenvalue weighted by Gasteiger charge is -2.22. The molecule has 0 amide bonds. The van der Waals surface area contributed by atoms with Crippen molar-refractivity contribution in [3.05, 3.63) is 33.9 Å². The van der Waals surface area contributed by atoms with Gasteiger partial charge in [0.15, 0.2) is 0 Å². The van der Waals surface area contributed by atoms with Crippen LogP contribution in [0.2, 0.25) is 0 Å². The summed E-state index contributed by atoms with van der Waals surface area (Å²) < 4.78 is 5.47. The van der Waals surface area contributed by atoms with E-state index in [1.807, 2.05) is 0 Å². The van der Waals surface area contributed by atoms with Crippen LogP contribution >= 0.6 is 0 Å². The molecular weight excluding hydrogens is 276 g/mol. The van der Waals surface area contributed by atoms with Crippen molar-refractivity contribution in [3.8, 4) is 5.75 Å². The van der Waals surface area contributed by atoms with Crippen LogP contribution in [0.15, 0.2) is 18.2 Å². The van der Waals surface area contributed by atoms with E-state index in [1.165, 1.54) is 12.1 Å². The molecule has 0 bridgehead atoms. The van der Waals surface area contributed by atoms with E-state index in [4.69, 9.17) is 15.6 Å². The number of aryl methyl sites for hydroxylation is 1. The normalized spacial score (nSPS) is 13.5. The minimum absolute atomic E-state index is 0.0418. The Kier molecular flexibility index (Phi) is 5.66. The highest BCUT2D eigenvalue weighted by molar-refractivity contribution is 5.78. The van der Waals surface area contributed by atoms with E-state index in [9.17, 15) is 14.9 Å². The molecule has 7 nitrogen and oxygen atoms in total. The first-order valence-corrected chi connectivity index (χ1v) is 6.70. The van der Waals surface area contributed by atoms with E-state index in [0.29, 0.717) is 37.2 Å². The first kappa shape index (κ1) is 16.9. The van der Waals surface area contributed by atoms with Crippen molar-refractivity contribution in [2.24, 2.45) is 5.73 Å². The zero-order valence-corrected chi connectivity index (χ0v) is 12.2. The average Bonchev–Trinajstić information content (AvgIpc) is 2.42.